The summed E-state index contributed by atoms with van der Waals surface area (Å²) in [5.41, 5.74) is 0.916. The molecular formula is C19H25N9. The third-order valence-electron chi connectivity index (χ3n) is 4.82. The van der Waals surface area contributed by atoms with Crippen LogP contribution in [0.1, 0.15) is 19.8 Å². The maximum Gasteiger partial charge on any atom is 0.247 e. The van der Waals surface area contributed by atoms with E-state index in [4.69, 9.17) is 0 Å². The highest BCUT2D eigenvalue weighted by Crippen LogP contribution is 2.22. The van der Waals surface area contributed by atoms with Crippen molar-refractivity contribution in [2.75, 3.05) is 41.7 Å². The summed E-state index contributed by atoms with van der Waals surface area (Å²) in [4.78, 5) is 11.1. The molecule has 2 aromatic heterocycles. The summed E-state index contributed by atoms with van der Waals surface area (Å²) in [5, 5.41) is 18.4. The monoisotopic (exact) mass is 379 g/mol. The summed E-state index contributed by atoms with van der Waals surface area (Å²) in [6.07, 6.45) is 4.13. The highest BCUT2D eigenvalue weighted by Gasteiger charge is 2.17. The number of tetrazole rings is 1. The molecule has 0 aliphatic carbocycles. The molecule has 9 nitrogen and oxygen atoms in total. The van der Waals surface area contributed by atoms with Crippen LogP contribution >= 0.6 is 0 Å². The fourth-order valence-corrected chi connectivity index (χ4v) is 3.42. The Bertz CT molecular complexity index is 880. The van der Waals surface area contributed by atoms with Crippen LogP contribution in [0, 0.1) is 5.92 Å². The SMILES string of the molecule is CC1CCCN(c2cc(NCCNc3nnnn3-c3ccccc3)ncn2)C1. The number of nitrogens with one attached hydrogen (secondary N) is 2. The number of anilines is 3. The number of nitrogens with zero attached hydrogens (tertiary/aromatic N) is 7. The molecule has 1 saturated heterocycles. The molecule has 3 aromatic rings. The molecule has 1 fully saturated rings. The lowest BCUT2D eigenvalue weighted by Gasteiger charge is -2.31. The molecule has 0 bridgehead atoms. The second kappa shape index (κ2) is 8.64. The van der Waals surface area contributed by atoms with Crippen LogP contribution in [0.2, 0.25) is 0 Å². The predicted molar refractivity (Wildman–Crippen MR) is 109 cm³/mol. The zero-order valence-electron chi connectivity index (χ0n) is 16.0. The van der Waals surface area contributed by atoms with E-state index in [1.807, 2.05) is 36.4 Å². The average Bonchev–Trinajstić information content (AvgIpc) is 3.21. The Balaban J connectivity index is 1.31. The second-order valence-corrected chi connectivity index (χ2v) is 7.06. The van der Waals surface area contributed by atoms with Gasteiger partial charge >= 0.3 is 0 Å². The molecule has 0 saturated carbocycles. The molecule has 0 spiro atoms. The van der Waals surface area contributed by atoms with Crippen LogP contribution in [0.4, 0.5) is 17.6 Å². The van der Waals surface area contributed by atoms with E-state index in [0.29, 0.717) is 25.0 Å². The lowest BCUT2D eigenvalue weighted by atomic mass is 10.0. The Kier molecular flexibility index (Phi) is 5.60. The first-order valence-electron chi connectivity index (χ1n) is 9.68. The number of para-hydroxylation sites is 1. The molecule has 0 amide bonds. The Morgan fingerprint density at radius 1 is 1.11 bits per heavy atom. The smallest absolute Gasteiger partial charge is 0.247 e. The number of rotatable bonds is 7. The Morgan fingerprint density at radius 2 is 1.96 bits per heavy atom. The fraction of sp³-hybridized carbons (Fsp3) is 0.421. The van der Waals surface area contributed by atoms with Crippen molar-refractivity contribution < 1.29 is 0 Å². The van der Waals surface area contributed by atoms with Crippen molar-refractivity contribution in [3.8, 4) is 5.69 Å². The minimum Gasteiger partial charge on any atom is -0.368 e. The standard InChI is InChI=1S/C19H25N9/c1-15-6-5-11-27(13-15)18-12-17(22-14-23-18)20-9-10-21-19-24-25-26-28(19)16-7-3-2-4-8-16/h2-4,7-8,12,14-15H,5-6,9-11,13H2,1H3,(H,20,22,23)(H,21,24,26). The molecule has 28 heavy (non-hydrogen) atoms. The third-order valence-corrected chi connectivity index (χ3v) is 4.82. The quantitative estimate of drug-likeness (QED) is 0.603. The maximum absolute atomic E-state index is 4.44. The lowest BCUT2D eigenvalue weighted by Crippen LogP contribution is -2.34. The number of hydrogen-bond acceptors (Lipinski definition) is 8. The van der Waals surface area contributed by atoms with Gasteiger partial charge in [-0.2, -0.15) is 4.68 Å². The van der Waals surface area contributed by atoms with Crippen LogP contribution in [-0.2, 0) is 0 Å². The Morgan fingerprint density at radius 3 is 2.82 bits per heavy atom. The van der Waals surface area contributed by atoms with E-state index in [1.54, 1.807) is 11.0 Å². The van der Waals surface area contributed by atoms with Gasteiger partial charge in [0.25, 0.3) is 0 Å². The molecular weight excluding hydrogens is 354 g/mol. The fourth-order valence-electron chi connectivity index (χ4n) is 3.42. The van der Waals surface area contributed by atoms with Gasteiger partial charge in [-0.05, 0) is 41.3 Å². The van der Waals surface area contributed by atoms with Crippen molar-refractivity contribution in [2.45, 2.75) is 19.8 Å². The van der Waals surface area contributed by atoms with Crippen molar-refractivity contribution in [1.29, 1.82) is 0 Å². The molecule has 4 rings (SSSR count). The molecule has 0 radical (unpaired) electrons. The average molecular weight is 379 g/mol. The first-order valence-corrected chi connectivity index (χ1v) is 9.68. The zero-order valence-corrected chi connectivity index (χ0v) is 16.0. The molecule has 9 heteroatoms. The topological polar surface area (TPSA) is 96.7 Å². The molecule has 1 unspecified atom stereocenters. The normalized spacial score (nSPS) is 16.8. The lowest BCUT2D eigenvalue weighted by molar-refractivity contribution is 0.444. The number of piperidine rings is 1. The zero-order chi connectivity index (χ0) is 19.2. The van der Waals surface area contributed by atoms with Gasteiger partial charge in [0.05, 0.1) is 5.69 Å². The van der Waals surface area contributed by atoms with Gasteiger partial charge < -0.3 is 15.5 Å². The van der Waals surface area contributed by atoms with Gasteiger partial charge in [-0.15, -0.1) is 0 Å². The van der Waals surface area contributed by atoms with E-state index in [2.05, 4.69) is 48.0 Å². The van der Waals surface area contributed by atoms with Crippen molar-refractivity contribution >= 4 is 17.6 Å². The second-order valence-electron chi connectivity index (χ2n) is 7.06. The summed E-state index contributed by atoms with van der Waals surface area (Å²) in [6, 6.07) is 11.8. The largest absolute Gasteiger partial charge is 0.368 e. The summed E-state index contributed by atoms with van der Waals surface area (Å²) in [7, 11) is 0. The van der Waals surface area contributed by atoms with Gasteiger partial charge in [0.1, 0.15) is 18.0 Å². The predicted octanol–water partition coefficient (Wildman–Crippen LogP) is 2.21. The number of hydrogen-bond donors (Lipinski definition) is 2. The van der Waals surface area contributed by atoms with Crippen molar-refractivity contribution in [1.82, 2.24) is 30.2 Å². The molecule has 146 valence electrons. The van der Waals surface area contributed by atoms with Crippen LogP contribution < -0.4 is 15.5 Å². The van der Waals surface area contributed by atoms with E-state index >= 15 is 0 Å². The van der Waals surface area contributed by atoms with Gasteiger partial charge in [-0.3, -0.25) is 0 Å². The Hall–Kier alpha value is -3.23. The first kappa shape index (κ1) is 18.1. The van der Waals surface area contributed by atoms with Crippen molar-refractivity contribution in [3.05, 3.63) is 42.7 Å². The van der Waals surface area contributed by atoms with Crippen LogP contribution in [0.25, 0.3) is 5.69 Å². The van der Waals surface area contributed by atoms with Crippen LogP contribution in [0.3, 0.4) is 0 Å². The third kappa shape index (κ3) is 4.36. The van der Waals surface area contributed by atoms with Gasteiger partial charge in [-0.25, -0.2) is 9.97 Å². The van der Waals surface area contributed by atoms with Gasteiger partial charge in [0.2, 0.25) is 5.95 Å². The Labute approximate surface area is 164 Å². The summed E-state index contributed by atoms with van der Waals surface area (Å²) >= 11 is 0. The minimum absolute atomic E-state index is 0.610. The molecule has 1 aromatic carbocycles. The van der Waals surface area contributed by atoms with Crippen molar-refractivity contribution in [2.24, 2.45) is 5.92 Å². The highest BCUT2D eigenvalue weighted by atomic mass is 15.6. The van der Waals surface area contributed by atoms with Gasteiger partial charge in [-0.1, -0.05) is 30.2 Å². The number of benzene rings is 1. The van der Waals surface area contributed by atoms with Crippen LogP contribution in [0.15, 0.2) is 42.7 Å². The van der Waals surface area contributed by atoms with E-state index in [0.717, 1.165) is 30.4 Å². The van der Waals surface area contributed by atoms with E-state index in [-0.39, 0.29) is 0 Å². The van der Waals surface area contributed by atoms with E-state index in [9.17, 15) is 0 Å². The minimum atomic E-state index is 0.610. The molecule has 1 aliphatic rings. The van der Waals surface area contributed by atoms with Gasteiger partial charge in [0, 0.05) is 32.2 Å². The van der Waals surface area contributed by atoms with Crippen LogP contribution in [0.5, 0.6) is 0 Å². The summed E-state index contributed by atoms with van der Waals surface area (Å²) in [6.45, 7) is 5.76. The summed E-state index contributed by atoms with van der Waals surface area (Å²) in [5.74, 6) is 3.14. The molecule has 1 aliphatic heterocycles. The van der Waals surface area contributed by atoms with Gasteiger partial charge in [0.15, 0.2) is 0 Å². The number of aromatic nitrogens is 6. The molecule has 1 atom stereocenters. The molecule has 2 N–H and O–H groups in total. The van der Waals surface area contributed by atoms with Crippen LogP contribution in [-0.4, -0.2) is 56.4 Å². The highest BCUT2D eigenvalue weighted by molar-refractivity contribution is 5.49. The maximum atomic E-state index is 4.44. The van der Waals surface area contributed by atoms with E-state index < -0.39 is 0 Å². The molecule has 3 heterocycles. The summed E-state index contributed by atoms with van der Waals surface area (Å²) < 4.78 is 1.68. The van der Waals surface area contributed by atoms with Crippen molar-refractivity contribution in [3.63, 3.8) is 0 Å². The van der Waals surface area contributed by atoms with E-state index in [1.165, 1.54) is 12.8 Å². The first-order chi connectivity index (χ1) is 13.8.